The van der Waals surface area contributed by atoms with Gasteiger partial charge in [-0.3, -0.25) is 25.8 Å². The summed E-state index contributed by atoms with van der Waals surface area (Å²) in [5.74, 6) is -0.910. The van der Waals surface area contributed by atoms with Gasteiger partial charge in [0, 0.05) is 18.7 Å². The van der Waals surface area contributed by atoms with E-state index in [9.17, 15) is 19.3 Å². The number of amides is 1. The number of aromatic nitrogens is 2. The van der Waals surface area contributed by atoms with Crippen molar-refractivity contribution < 1.29 is 14.1 Å². The Hall–Kier alpha value is -3.30. The van der Waals surface area contributed by atoms with Crippen LogP contribution in [0.5, 0.6) is 0 Å². The van der Waals surface area contributed by atoms with Crippen molar-refractivity contribution in [2.45, 2.75) is 25.7 Å². The summed E-state index contributed by atoms with van der Waals surface area (Å²) in [7, 11) is 0. The van der Waals surface area contributed by atoms with E-state index in [1.54, 1.807) is 0 Å². The molecule has 27 heavy (non-hydrogen) atoms. The van der Waals surface area contributed by atoms with E-state index in [1.807, 2.05) is 4.90 Å². The molecule has 0 bridgehead atoms. The van der Waals surface area contributed by atoms with E-state index >= 15 is 0 Å². The normalized spacial score (nSPS) is 14.3. The van der Waals surface area contributed by atoms with Crippen molar-refractivity contribution in [3.63, 3.8) is 0 Å². The molecule has 1 aromatic carbocycles. The Morgan fingerprint density at radius 3 is 2.41 bits per heavy atom. The first-order valence-electron chi connectivity index (χ1n) is 8.62. The molecular formula is C17H19FN6O3. The summed E-state index contributed by atoms with van der Waals surface area (Å²) >= 11 is 0. The van der Waals surface area contributed by atoms with E-state index in [1.165, 1.54) is 18.5 Å². The average Bonchev–Trinajstić information content (AvgIpc) is 2.95. The Morgan fingerprint density at radius 2 is 1.78 bits per heavy atom. The zero-order chi connectivity index (χ0) is 19.2. The van der Waals surface area contributed by atoms with Gasteiger partial charge in [0.1, 0.15) is 12.1 Å². The molecule has 2 heterocycles. The zero-order valence-corrected chi connectivity index (χ0v) is 14.5. The zero-order valence-electron chi connectivity index (χ0n) is 14.5. The number of benzene rings is 1. The molecule has 1 aromatic heterocycles. The molecule has 0 aliphatic carbocycles. The van der Waals surface area contributed by atoms with Crippen molar-refractivity contribution in [1.82, 2.24) is 15.4 Å². The summed E-state index contributed by atoms with van der Waals surface area (Å²) < 4.78 is 12.9. The minimum atomic E-state index is -0.570. The number of carbonyl (C=O) groups is 1. The van der Waals surface area contributed by atoms with Gasteiger partial charge in [-0.25, -0.2) is 14.4 Å². The van der Waals surface area contributed by atoms with Gasteiger partial charge < -0.3 is 4.90 Å². The maximum absolute atomic E-state index is 12.9. The van der Waals surface area contributed by atoms with E-state index in [2.05, 4.69) is 20.8 Å². The molecule has 10 heteroatoms. The number of hydrogen-bond donors (Lipinski definition) is 2. The number of nitro groups is 1. The first-order chi connectivity index (χ1) is 13.1. The van der Waals surface area contributed by atoms with Crippen LogP contribution in [0.15, 0.2) is 30.6 Å². The van der Waals surface area contributed by atoms with Crippen molar-refractivity contribution in [1.29, 1.82) is 0 Å². The molecule has 0 unspecified atom stereocenters. The molecule has 0 radical (unpaired) electrons. The highest BCUT2D eigenvalue weighted by molar-refractivity contribution is 5.95. The minimum Gasteiger partial charge on any atom is -0.351 e. The second kappa shape index (κ2) is 8.39. The lowest BCUT2D eigenvalue weighted by Crippen LogP contribution is -2.31. The van der Waals surface area contributed by atoms with Gasteiger partial charge in [0.05, 0.1) is 4.92 Å². The van der Waals surface area contributed by atoms with E-state index < -0.39 is 16.6 Å². The fraction of sp³-hybridized carbons (Fsp3) is 0.353. The molecule has 1 fully saturated rings. The van der Waals surface area contributed by atoms with E-state index in [0.29, 0.717) is 13.1 Å². The van der Waals surface area contributed by atoms with E-state index in [-0.39, 0.29) is 22.9 Å². The molecule has 1 saturated heterocycles. The van der Waals surface area contributed by atoms with Crippen LogP contribution in [0, 0.1) is 15.9 Å². The Balaban J connectivity index is 1.80. The third-order valence-corrected chi connectivity index (χ3v) is 4.29. The number of anilines is 2. The highest BCUT2D eigenvalue weighted by Crippen LogP contribution is 2.32. The van der Waals surface area contributed by atoms with Gasteiger partial charge in [-0.05, 0) is 37.1 Å². The predicted octanol–water partition coefficient (Wildman–Crippen LogP) is 2.66. The Bertz CT molecular complexity index is 822. The second-order valence-electron chi connectivity index (χ2n) is 6.14. The highest BCUT2D eigenvalue weighted by atomic mass is 19.1. The van der Waals surface area contributed by atoms with Gasteiger partial charge in [-0.2, -0.15) is 0 Å². The SMILES string of the molecule is O=C(NNc1ncnc(N2CCCCCC2)c1[N+](=O)[O-])c1ccc(F)cc1. The standard InChI is InChI=1S/C17H19FN6O3/c18-13-7-5-12(6-8-13)17(25)22-21-15-14(24(26)27)16(20-11-19-15)23-9-3-1-2-4-10-23/h5-8,11H,1-4,9-10H2,(H,22,25)(H,19,20,21). The molecule has 2 N–H and O–H groups in total. The summed E-state index contributed by atoms with van der Waals surface area (Å²) in [4.78, 5) is 33.1. The van der Waals surface area contributed by atoms with Gasteiger partial charge in [0.2, 0.25) is 11.6 Å². The quantitative estimate of drug-likeness (QED) is 0.611. The third kappa shape index (κ3) is 4.46. The highest BCUT2D eigenvalue weighted by Gasteiger charge is 2.27. The molecule has 0 spiro atoms. The molecular weight excluding hydrogens is 355 g/mol. The van der Waals surface area contributed by atoms with Gasteiger partial charge in [-0.15, -0.1) is 0 Å². The second-order valence-corrected chi connectivity index (χ2v) is 6.14. The van der Waals surface area contributed by atoms with E-state index in [4.69, 9.17) is 0 Å². The summed E-state index contributed by atoms with van der Waals surface area (Å²) in [6.07, 6.45) is 5.25. The maximum atomic E-state index is 12.9. The van der Waals surface area contributed by atoms with Crippen LogP contribution in [0.1, 0.15) is 36.0 Å². The van der Waals surface area contributed by atoms with E-state index in [0.717, 1.165) is 37.8 Å². The van der Waals surface area contributed by atoms with Crippen molar-refractivity contribution in [2.75, 3.05) is 23.4 Å². The molecule has 0 atom stereocenters. The van der Waals surface area contributed by atoms with Crippen molar-refractivity contribution >= 4 is 23.2 Å². The molecule has 2 aromatic rings. The topological polar surface area (TPSA) is 113 Å². The van der Waals surface area contributed by atoms with Crippen LogP contribution in [0.25, 0.3) is 0 Å². The fourth-order valence-electron chi connectivity index (χ4n) is 2.93. The predicted molar refractivity (Wildman–Crippen MR) is 96.9 cm³/mol. The van der Waals surface area contributed by atoms with Crippen LogP contribution in [0.2, 0.25) is 0 Å². The molecule has 1 aliphatic heterocycles. The maximum Gasteiger partial charge on any atom is 0.355 e. The average molecular weight is 374 g/mol. The number of nitrogens with one attached hydrogen (secondary N) is 2. The molecule has 142 valence electrons. The van der Waals surface area contributed by atoms with Crippen LogP contribution in [0.3, 0.4) is 0 Å². The third-order valence-electron chi connectivity index (χ3n) is 4.29. The molecule has 3 rings (SSSR count). The van der Waals surface area contributed by atoms with Crippen LogP contribution >= 0.6 is 0 Å². The van der Waals surface area contributed by atoms with Crippen molar-refractivity contribution in [3.8, 4) is 0 Å². The number of nitrogens with zero attached hydrogens (tertiary/aromatic N) is 4. The van der Waals surface area contributed by atoms with Crippen LogP contribution in [-0.2, 0) is 0 Å². The summed E-state index contributed by atoms with van der Waals surface area (Å²) in [5.41, 5.74) is 4.75. The molecule has 9 nitrogen and oxygen atoms in total. The van der Waals surface area contributed by atoms with Crippen molar-refractivity contribution in [2.24, 2.45) is 0 Å². The van der Waals surface area contributed by atoms with Crippen LogP contribution < -0.4 is 15.8 Å². The van der Waals surface area contributed by atoms with Gasteiger partial charge in [0.15, 0.2) is 0 Å². The Morgan fingerprint density at radius 1 is 1.11 bits per heavy atom. The molecule has 1 amide bonds. The summed E-state index contributed by atoms with van der Waals surface area (Å²) in [6, 6.07) is 4.92. The Labute approximate surface area is 154 Å². The first kappa shape index (κ1) is 18.5. The largest absolute Gasteiger partial charge is 0.355 e. The molecule has 0 saturated carbocycles. The van der Waals surface area contributed by atoms with Gasteiger partial charge >= 0.3 is 5.69 Å². The number of carbonyl (C=O) groups excluding carboxylic acids is 1. The molecule has 1 aliphatic rings. The summed E-state index contributed by atoms with van der Waals surface area (Å²) in [6.45, 7) is 1.36. The number of halogens is 1. The van der Waals surface area contributed by atoms with Gasteiger partial charge in [-0.1, -0.05) is 12.8 Å². The van der Waals surface area contributed by atoms with Gasteiger partial charge in [0.25, 0.3) is 5.91 Å². The number of hydrazine groups is 1. The summed E-state index contributed by atoms with van der Waals surface area (Å²) in [5, 5.41) is 11.6. The minimum absolute atomic E-state index is 0.107. The van der Waals surface area contributed by atoms with Crippen LogP contribution in [0.4, 0.5) is 21.7 Å². The van der Waals surface area contributed by atoms with Crippen molar-refractivity contribution in [3.05, 3.63) is 52.1 Å². The number of rotatable bonds is 5. The lowest BCUT2D eigenvalue weighted by atomic mass is 10.2. The fourth-order valence-corrected chi connectivity index (χ4v) is 2.93. The number of hydrogen-bond acceptors (Lipinski definition) is 7. The lowest BCUT2D eigenvalue weighted by molar-refractivity contribution is -0.383. The lowest BCUT2D eigenvalue weighted by Gasteiger charge is -2.21. The monoisotopic (exact) mass is 374 g/mol. The smallest absolute Gasteiger partial charge is 0.351 e. The van der Waals surface area contributed by atoms with Crippen LogP contribution in [-0.4, -0.2) is 33.9 Å². The Kier molecular flexibility index (Phi) is 5.74. The first-order valence-corrected chi connectivity index (χ1v) is 8.62.